The second-order valence-electron chi connectivity index (χ2n) is 9.75. The summed E-state index contributed by atoms with van der Waals surface area (Å²) in [5.41, 5.74) is 2.81. The smallest absolute Gasteiger partial charge is 0.413 e. The Morgan fingerprint density at radius 3 is 2.33 bits per heavy atom. The fourth-order valence-electron chi connectivity index (χ4n) is 4.90. The molecule has 40 heavy (non-hydrogen) atoms. The zero-order valence-corrected chi connectivity index (χ0v) is 23.3. The summed E-state index contributed by atoms with van der Waals surface area (Å²) in [4.78, 5) is 22.6. The van der Waals surface area contributed by atoms with Crippen molar-refractivity contribution in [3.63, 3.8) is 0 Å². The Kier molecular flexibility index (Phi) is 8.55. The molecule has 4 rings (SSSR count). The third kappa shape index (κ3) is 6.30. The Morgan fingerprint density at radius 2 is 1.75 bits per heavy atom. The van der Waals surface area contributed by atoms with Crippen molar-refractivity contribution in [2.45, 2.75) is 38.1 Å². The van der Waals surface area contributed by atoms with Crippen LogP contribution in [0.2, 0.25) is 0 Å². The first-order chi connectivity index (χ1) is 18.8. The molecule has 9 nitrogen and oxygen atoms in total. The van der Waals surface area contributed by atoms with E-state index in [2.05, 4.69) is 15.3 Å². The number of rotatable bonds is 8. The number of nitrogens with zero attached hydrogens (tertiary/aromatic N) is 3. The van der Waals surface area contributed by atoms with E-state index in [9.17, 15) is 26.4 Å². The lowest BCUT2D eigenvalue weighted by Crippen LogP contribution is -2.44. The van der Waals surface area contributed by atoms with Crippen molar-refractivity contribution < 1.29 is 35.9 Å². The quantitative estimate of drug-likeness (QED) is 0.398. The summed E-state index contributed by atoms with van der Waals surface area (Å²) in [6.45, 7) is 1.84. The van der Waals surface area contributed by atoms with Crippen molar-refractivity contribution in [3.05, 3.63) is 53.7 Å². The average molecular weight is 581 g/mol. The van der Waals surface area contributed by atoms with Gasteiger partial charge in [0, 0.05) is 37.4 Å². The molecule has 0 unspecified atom stereocenters. The van der Waals surface area contributed by atoms with Crippen molar-refractivity contribution in [1.29, 1.82) is 0 Å². The van der Waals surface area contributed by atoms with E-state index in [1.807, 2.05) is 6.92 Å². The average Bonchev–Trinajstić information content (AvgIpc) is 2.92. The standard InChI is InChI=1S/C27H31F3N4O5S/c1-16(38-3)23-21(15-31-20-9-10-22(39-4)33-24(20)23)32-19-7-5-17(6-8-19)25(27(28,29)30)34(2)26(35)18-11-13-40(36,37)14-12-18/h5-10,15-16,18,25,32H,11-14H2,1-4H3/t16-,25+/m1/s1. The molecule has 1 aliphatic heterocycles. The van der Waals surface area contributed by atoms with Gasteiger partial charge in [-0.25, -0.2) is 13.4 Å². The Labute approximate surface area is 230 Å². The number of carbonyl (C=O) groups excluding carboxylic acids is 1. The van der Waals surface area contributed by atoms with E-state index in [4.69, 9.17) is 9.47 Å². The molecule has 1 saturated heterocycles. The minimum Gasteiger partial charge on any atom is -0.481 e. The summed E-state index contributed by atoms with van der Waals surface area (Å²) in [5, 5.41) is 3.19. The molecule has 0 aliphatic carbocycles. The van der Waals surface area contributed by atoms with Crippen LogP contribution in [0.3, 0.4) is 0 Å². The molecule has 0 bridgehead atoms. The molecule has 1 N–H and O–H groups in total. The summed E-state index contributed by atoms with van der Waals surface area (Å²) >= 11 is 0. The molecular formula is C27H31F3N4O5S. The maximum atomic E-state index is 14.2. The number of fused-ring (bicyclic) bond motifs is 1. The predicted octanol–water partition coefficient (Wildman–Crippen LogP) is 4.98. The zero-order chi connectivity index (χ0) is 29.2. The predicted molar refractivity (Wildman–Crippen MR) is 144 cm³/mol. The molecule has 1 aliphatic rings. The number of methoxy groups -OCH3 is 2. The van der Waals surface area contributed by atoms with Gasteiger partial charge in [0.2, 0.25) is 11.8 Å². The van der Waals surface area contributed by atoms with Gasteiger partial charge in [0.25, 0.3) is 0 Å². The third-order valence-electron chi connectivity index (χ3n) is 7.15. The van der Waals surface area contributed by atoms with Crippen molar-refractivity contribution in [1.82, 2.24) is 14.9 Å². The van der Waals surface area contributed by atoms with E-state index >= 15 is 0 Å². The Balaban J connectivity index is 1.61. The van der Waals surface area contributed by atoms with Crippen molar-refractivity contribution in [3.8, 4) is 5.88 Å². The molecule has 0 radical (unpaired) electrons. The highest BCUT2D eigenvalue weighted by molar-refractivity contribution is 7.91. The number of benzene rings is 1. The van der Waals surface area contributed by atoms with E-state index in [0.717, 1.165) is 7.05 Å². The second-order valence-corrected chi connectivity index (χ2v) is 12.1. The molecule has 1 fully saturated rings. The molecule has 2 atom stereocenters. The molecule has 216 valence electrons. The molecule has 3 heterocycles. The van der Waals surface area contributed by atoms with Gasteiger partial charge in [0.1, 0.15) is 15.4 Å². The van der Waals surface area contributed by atoms with Crippen LogP contribution >= 0.6 is 0 Å². The number of alkyl halides is 3. The SMILES string of the molecule is COc1ccc2ncc(Nc3ccc([C@H](N(C)C(=O)C4CCS(=O)(=O)CC4)C(F)(F)F)cc3)c([C@@H](C)OC)c2n1. The van der Waals surface area contributed by atoms with Gasteiger partial charge in [-0.15, -0.1) is 0 Å². The second kappa shape index (κ2) is 11.6. The summed E-state index contributed by atoms with van der Waals surface area (Å²) in [6, 6.07) is 6.88. The highest BCUT2D eigenvalue weighted by Gasteiger charge is 2.46. The molecule has 0 saturated carbocycles. The number of nitrogens with one attached hydrogen (secondary N) is 1. The van der Waals surface area contributed by atoms with E-state index in [1.54, 1.807) is 25.4 Å². The van der Waals surface area contributed by atoms with Crippen LogP contribution in [-0.4, -0.2) is 68.1 Å². The number of sulfone groups is 1. The van der Waals surface area contributed by atoms with Gasteiger partial charge in [-0.3, -0.25) is 9.78 Å². The minimum atomic E-state index is -4.74. The lowest BCUT2D eigenvalue weighted by molar-refractivity contribution is -0.190. The van der Waals surface area contributed by atoms with Gasteiger partial charge in [-0.2, -0.15) is 13.2 Å². The van der Waals surface area contributed by atoms with Crippen LogP contribution in [0.25, 0.3) is 11.0 Å². The number of aromatic nitrogens is 2. The molecule has 2 aromatic heterocycles. The summed E-state index contributed by atoms with van der Waals surface area (Å²) in [5.74, 6) is -1.50. The van der Waals surface area contributed by atoms with Gasteiger partial charge in [0.05, 0.1) is 42.1 Å². The fourth-order valence-corrected chi connectivity index (χ4v) is 6.39. The highest BCUT2D eigenvalue weighted by Crippen LogP contribution is 2.39. The number of amides is 1. The van der Waals surface area contributed by atoms with Crippen LogP contribution in [0.1, 0.15) is 43.0 Å². The molecule has 13 heteroatoms. The minimum absolute atomic E-state index is 0.0156. The number of halogens is 3. The van der Waals surface area contributed by atoms with Crippen molar-refractivity contribution >= 4 is 38.2 Å². The van der Waals surface area contributed by atoms with E-state index < -0.39 is 40.0 Å². The fraction of sp³-hybridized carbons (Fsp3) is 0.444. The number of hydrogen-bond donors (Lipinski definition) is 1. The highest BCUT2D eigenvalue weighted by atomic mass is 32.2. The summed E-state index contributed by atoms with van der Waals surface area (Å²) in [7, 11) is 0.908. The van der Waals surface area contributed by atoms with Crippen LogP contribution in [0.4, 0.5) is 24.5 Å². The first-order valence-electron chi connectivity index (χ1n) is 12.6. The number of pyridine rings is 2. The normalized spacial score (nSPS) is 17.3. The largest absolute Gasteiger partial charge is 0.481 e. The Morgan fingerprint density at radius 1 is 1.10 bits per heavy atom. The van der Waals surface area contributed by atoms with Crippen molar-refractivity contribution in [2.75, 3.05) is 38.1 Å². The monoisotopic (exact) mass is 580 g/mol. The van der Waals surface area contributed by atoms with Crippen LogP contribution in [-0.2, 0) is 19.4 Å². The van der Waals surface area contributed by atoms with Crippen LogP contribution in [0.15, 0.2) is 42.6 Å². The lowest BCUT2D eigenvalue weighted by Gasteiger charge is -2.34. The van der Waals surface area contributed by atoms with Gasteiger partial charge in [0.15, 0.2) is 6.04 Å². The van der Waals surface area contributed by atoms with Crippen molar-refractivity contribution in [2.24, 2.45) is 5.92 Å². The van der Waals surface area contributed by atoms with E-state index in [1.165, 1.54) is 31.4 Å². The van der Waals surface area contributed by atoms with Crippen LogP contribution in [0, 0.1) is 5.92 Å². The Bertz CT molecular complexity index is 1470. The van der Waals surface area contributed by atoms with Gasteiger partial charge in [-0.1, -0.05) is 12.1 Å². The lowest BCUT2D eigenvalue weighted by atomic mass is 9.98. The maximum absolute atomic E-state index is 14.2. The van der Waals surface area contributed by atoms with E-state index in [-0.39, 0.29) is 29.9 Å². The number of carbonyl (C=O) groups is 1. The first-order valence-corrected chi connectivity index (χ1v) is 14.4. The van der Waals surface area contributed by atoms with Gasteiger partial charge in [-0.05, 0) is 43.5 Å². The maximum Gasteiger partial charge on any atom is 0.413 e. The number of anilines is 2. The van der Waals surface area contributed by atoms with Crippen LogP contribution in [0.5, 0.6) is 5.88 Å². The molecule has 3 aromatic rings. The Hall–Kier alpha value is -3.45. The first kappa shape index (κ1) is 29.5. The zero-order valence-electron chi connectivity index (χ0n) is 22.5. The number of hydrogen-bond acceptors (Lipinski definition) is 8. The molecular weight excluding hydrogens is 549 g/mol. The third-order valence-corrected chi connectivity index (χ3v) is 8.87. The molecule has 1 aromatic carbocycles. The molecule has 0 spiro atoms. The number of ether oxygens (including phenoxy) is 2. The van der Waals surface area contributed by atoms with Crippen LogP contribution < -0.4 is 10.1 Å². The summed E-state index contributed by atoms with van der Waals surface area (Å²) < 4.78 is 76.8. The molecule has 1 amide bonds. The van der Waals surface area contributed by atoms with Gasteiger partial charge < -0.3 is 19.7 Å². The van der Waals surface area contributed by atoms with Gasteiger partial charge >= 0.3 is 6.18 Å². The topological polar surface area (TPSA) is 111 Å². The summed E-state index contributed by atoms with van der Waals surface area (Å²) in [6.07, 6.45) is -3.50. The van der Waals surface area contributed by atoms with E-state index in [0.29, 0.717) is 38.8 Å².